The van der Waals surface area contributed by atoms with E-state index in [1.807, 2.05) is 159 Å². The fourth-order valence-corrected chi connectivity index (χ4v) is 11.0. The van der Waals surface area contributed by atoms with Crippen LogP contribution in [0, 0.1) is 0 Å². The van der Waals surface area contributed by atoms with Crippen LogP contribution >= 0.6 is 0 Å². The van der Waals surface area contributed by atoms with Gasteiger partial charge in [-0.1, -0.05) is 105 Å². The first-order chi connectivity index (χ1) is 58.7. The van der Waals surface area contributed by atoms with E-state index >= 15 is 0 Å². The Morgan fingerprint density at radius 1 is 0.374 bits per heavy atom. The monoisotopic (exact) mass is 1700 g/mol. The number of phenolic OH excluding ortho intramolecular Hbond substituents is 1. The fraction of sp³-hybridized carbons (Fsp3) is 0.471. The van der Waals surface area contributed by atoms with Crippen LogP contribution in [0.25, 0.3) is 6.08 Å². The lowest BCUT2D eigenvalue weighted by Gasteiger charge is -2.17. The predicted molar refractivity (Wildman–Crippen MR) is 495 cm³/mol. The van der Waals surface area contributed by atoms with Gasteiger partial charge >= 0.3 is 0 Å². The molecule has 676 valence electrons. The van der Waals surface area contributed by atoms with Crippen molar-refractivity contribution >= 4 is 30.0 Å². The maximum atomic E-state index is 12.3. The highest BCUT2D eigenvalue weighted by atomic mass is 16.6. The lowest BCUT2D eigenvalue weighted by molar-refractivity contribution is 0.0629. The van der Waals surface area contributed by atoms with Crippen molar-refractivity contribution in [1.82, 2.24) is 4.90 Å². The van der Waals surface area contributed by atoms with Gasteiger partial charge in [-0.3, -0.25) is 24.1 Å². The summed E-state index contributed by atoms with van der Waals surface area (Å²) in [7, 11) is 1.64. The van der Waals surface area contributed by atoms with Crippen molar-refractivity contribution in [2.24, 2.45) is 0 Å². The lowest BCUT2D eigenvalue weighted by Crippen LogP contribution is -2.33. The van der Waals surface area contributed by atoms with Gasteiger partial charge in [-0.15, -0.1) is 0 Å². The number of carbonyl (C=O) groups is 4. The molecule has 0 aromatic heterocycles. The Morgan fingerprint density at radius 3 is 1.07 bits per heavy atom. The molecule has 21 heteroatoms. The summed E-state index contributed by atoms with van der Waals surface area (Å²) in [5.74, 6) is 10.9. The first-order valence-corrected chi connectivity index (χ1v) is 43.5. The summed E-state index contributed by atoms with van der Waals surface area (Å²) >= 11 is 0. The minimum absolute atomic E-state index is 0.0300. The molecule has 0 spiro atoms. The van der Waals surface area contributed by atoms with Crippen molar-refractivity contribution in [2.75, 3.05) is 59.9 Å². The van der Waals surface area contributed by atoms with Gasteiger partial charge in [0.25, 0.3) is 11.8 Å². The number of aldehydes is 1. The van der Waals surface area contributed by atoms with E-state index in [4.69, 9.17) is 71.1 Å². The number of hydrogen-bond donors (Lipinski definition) is 1. The van der Waals surface area contributed by atoms with Crippen LogP contribution in [-0.2, 0) is 6.42 Å². The number of benzene rings is 8. The van der Waals surface area contributed by atoms with Gasteiger partial charge in [0.15, 0.2) is 86.3 Å². The number of amides is 2. The quantitative estimate of drug-likeness (QED) is 0.0213. The van der Waals surface area contributed by atoms with E-state index in [9.17, 15) is 24.3 Å². The van der Waals surface area contributed by atoms with Crippen LogP contribution in [0.2, 0.25) is 0 Å². The molecule has 9 rings (SSSR count). The molecule has 0 aliphatic carbocycles. The van der Waals surface area contributed by atoms with Gasteiger partial charge in [-0.25, -0.2) is 0 Å². The van der Waals surface area contributed by atoms with E-state index < -0.39 is 0 Å². The molecule has 0 unspecified atom stereocenters. The van der Waals surface area contributed by atoms with E-state index in [0.29, 0.717) is 89.1 Å². The molecule has 1 N–H and O–H groups in total. The molecule has 1 aliphatic heterocycles. The number of imide groups is 1. The molecule has 2 amide bonds. The van der Waals surface area contributed by atoms with Crippen molar-refractivity contribution in [1.29, 1.82) is 0 Å². The van der Waals surface area contributed by atoms with Gasteiger partial charge in [0.1, 0.15) is 24.4 Å². The summed E-state index contributed by atoms with van der Waals surface area (Å²) in [6.45, 7) is 56.2. The molecule has 123 heavy (non-hydrogen) atoms. The molecule has 0 bridgehead atoms. The summed E-state index contributed by atoms with van der Waals surface area (Å²) in [6.07, 6.45) is 10.1. The zero-order valence-corrected chi connectivity index (χ0v) is 78.2. The van der Waals surface area contributed by atoms with Gasteiger partial charge in [0, 0.05) is 23.3 Å². The molecule has 21 nitrogen and oxygen atoms in total. The second kappa shape index (κ2) is 58.7. The smallest absolute Gasteiger partial charge is 0.261 e. The number of aromatic hydroxyl groups is 1. The standard InChI is InChI=1S/C20H19NO5.C15H24O2.C14H20O3.C14H22O2.C14H20O2.C13H20O3.C12H18O3/c1-13(2)26-17-8-7-14(12-22)11-18(17)25-10-9-21-19(23)15-5-3-4-6-16(15)20(21)24;1-6-9-16-15-10-13(11(2)3)7-8-14(15)17-12(4)5;1-5-8-16-14-9-12(11(4)15)6-7-13(14)17-10(2)3;2*1-5-9-15-14-10-12(6-2)7-8-13(14)16-11(3)4;1-5-8-15-13-9-11(14-4)6-7-12(13)16-10(2)3;1-4-7-14-12-8-10(13)5-6-11(12)15-9(2)3/h3-8,11-13H,9-10H2,1-2H3;7-8,10-12H,6,9H2,1-5H3;6-7,9-10H,5,8H2,1-4H3;7-8,10-11H,5-6,9H2,1-4H3;6-8,10-11H,2,5,9H2,1,3-4H3;6-7,9-10H,5,8H2,1-4H3;5-6,8-9,13H,4,7H2,1-3H3. The lowest BCUT2D eigenvalue weighted by atomic mass is 10.0. The first-order valence-electron chi connectivity index (χ1n) is 43.5. The molecule has 1 heterocycles. The third-order valence-electron chi connectivity index (χ3n) is 16.5. The Labute approximate surface area is 735 Å². The fourth-order valence-electron chi connectivity index (χ4n) is 11.0. The summed E-state index contributed by atoms with van der Waals surface area (Å²) in [6, 6.07) is 45.7. The normalized spacial score (nSPS) is 11.0. The van der Waals surface area contributed by atoms with Crippen LogP contribution in [0.5, 0.6) is 92.0 Å². The Hall–Kier alpha value is -11.2. The molecule has 1 aliphatic rings. The van der Waals surface area contributed by atoms with Crippen LogP contribution in [0.3, 0.4) is 0 Å². The van der Waals surface area contributed by atoms with E-state index in [-0.39, 0.29) is 79.2 Å². The van der Waals surface area contributed by atoms with E-state index in [1.165, 1.54) is 11.1 Å². The third-order valence-corrected chi connectivity index (χ3v) is 16.5. The Morgan fingerprint density at radius 2 is 0.699 bits per heavy atom. The largest absolute Gasteiger partial charge is 0.508 e. The van der Waals surface area contributed by atoms with Crippen LogP contribution in [0.15, 0.2) is 158 Å². The van der Waals surface area contributed by atoms with Crippen molar-refractivity contribution in [3.8, 4) is 92.0 Å². The molecule has 8 aromatic carbocycles. The molecular weight excluding hydrogens is 1560 g/mol. The van der Waals surface area contributed by atoms with Crippen molar-refractivity contribution in [3.63, 3.8) is 0 Å². The number of ketones is 1. The highest BCUT2D eigenvalue weighted by molar-refractivity contribution is 6.21. The molecule has 0 saturated heterocycles. The maximum Gasteiger partial charge on any atom is 0.261 e. The highest BCUT2D eigenvalue weighted by Gasteiger charge is 2.35. The number of phenols is 1. The predicted octanol–water partition coefficient (Wildman–Crippen LogP) is 24.8. The highest BCUT2D eigenvalue weighted by Crippen LogP contribution is 2.38. The van der Waals surface area contributed by atoms with E-state index in [1.54, 1.807) is 99.0 Å². The maximum absolute atomic E-state index is 12.3. The number of ether oxygens (including phenoxy) is 15. The zero-order valence-electron chi connectivity index (χ0n) is 78.2. The average molecular weight is 1700 g/mol. The Bertz CT molecular complexity index is 4290. The minimum Gasteiger partial charge on any atom is -0.508 e. The molecular formula is C102H143NO20. The number of aryl methyl sites for hydroxylation is 1. The number of fused-ring (bicyclic) bond motifs is 1. The van der Waals surface area contributed by atoms with Gasteiger partial charge in [0.05, 0.1) is 107 Å². The van der Waals surface area contributed by atoms with Crippen molar-refractivity contribution < 1.29 is 95.3 Å². The van der Waals surface area contributed by atoms with E-state index in [2.05, 4.69) is 79.3 Å². The van der Waals surface area contributed by atoms with Gasteiger partial charge in [-0.05, 0) is 281 Å². The van der Waals surface area contributed by atoms with Crippen LogP contribution in [0.4, 0.5) is 0 Å². The number of methoxy groups -OCH3 is 1. The number of rotatable bonds is 42. The minimum atomic E-state index is -0.325. The summed E-state index contributed by atoms with van der Waals surface area (Å²) in [5.41, 5.74) is 5.52. The first kappa shape index (κ1) is 106. The van der Waals surface area contributed by atoms with Gasteiger partial charge in [0.2, 0.25) is 0 Å². The molecule has 0 atom stereocenters. The van der Waals surface area contributed by atoms with Crippen molar-refractivity contribution in [2.45, 2.75) is 260 Å². The number of hydrogen-bond acceptors (Lipinski definition) is 20. The molecule has 8 aromatic rings. The topological polar surface area (TPSA) is 230 Å². The molecule has 0 saturated carbocycles. The van der Waals surface area contributed by atoms with E-state index in [0.717, 1.165) is 127 Å². The van der Waals surface area contributed by atoms with Crippen LogP contribution in [-0.4, -0.2) is 137 Å². The second-order valence-electron chi connectivity index (χ2n) is 30.8. The van der Waals surface area contributed by atoms with Crippen LogP contribution < -0.4 is 71.1 Å². The second-order valence-corrected chi connectivity index (χ2v) is 30.8. The molecule has 0 fully saturated rings. The summed E-state index contributed by atoms with van der Waals surface area (Å²) in [5, 5.41) is 9.34. The SMILES string of the molecule is C=Cc1ccc(OC(C)C)c(OCCC)c1.CC(C)Oc1ccc(C=O)cc1OCCN1C(=O)c2ccccc2C1=O.CCCOc1cc(C(C)=O)ccc1OC(C)C.CCCOc1cc(C(C)C)ccc1OC(C)C.CCCOc1cc(CC)ccc1OC(C)C.CCCOc1cc(O)ccc1OC(C)C.CCCOc1cc(OC)ccc1OC(C)C. The zero-order chi connectivity index (χ0) is 91.5. The summed E-state index contributed by atoms with van der Waals surface area (Å²) < 4.78 is 84.4. The van der Waals surface area contributed by atoms with Crippen molar-refractivity contribution in [3.05, 3.63) is 197 Å². The Balaban J connectivity index is 0.000000374. The third kappa shape index (κ3) is 40.1. The van der Waals surface area contributed by atoms with Gasteiger partial charge in [-0.2, -0.15) is 0 Å². The molecule has 0 radical (unpaired) electrons. The number of Topliss-reactive ketones (excluding diaryl/α,β-unsaturated/α-hetero) is 1. The average Bonchev–Trinajstić information content (AvgIpc) is 1.64. The summed E-state index contributed by atoms with van der Waals surface area (Å²) in [4.78, 5) is 48.1. The van der Waals surface area contributed by atoms with Gasteiger partial charge < -0.3 is 76.2 Å². The number of carbonyl (C=O) groups excluding carboxylic acids is 4. The number of nitrogens with zero attached hydrogens (tertiary/aromatic N) is 1. The van der Waals surface area contributed by atoms with Crippen LogP contribution in [0.1, 0.15) is 269 Å². The Kier molecular flexibility index (Phi) is 50.6.